The molecule has 0 unspecified atom stereocenters. The first-order valence-electron chi connectivity index (χ1n) is 10.2. The average Bonchev–Trinajstić information content (AvgIpc) is 3.13. The van der Waals surface area contributed by atoms with Gasteiger partial charge < -0.3 is 15.1 Å². The highest BCUT2D eigenvalue weighted by Gasteiger charge is 2.43. The van der Waals surface area contributed by atoms with E-state index in [4.69, 9.17) is 11.6 Å². The number of piperidine rings is 1. The Bertz CT molecular complexity index is 694. The van der Waals surface area contributed by atoms with Crippen molar-refractivity contribution in [2.45, 2.75) is 44.5 Å². The fourth-order valence-electron chi connectivity index (χ4n) is 3.83. The Balaban J connectivity index is 1.67. The molecule has 2 heterocycles. The van der Waals surface area contributed by atoms with E-state index in [0.717, 1.165) is 25.2 Å². The molecule has 154 valence electrons. The van der Waals surface area contributed by atoms with Crippen molar-refractivity contribution in [2.75, 3.05) is 31.9 Å². The molecule has 3 rings (SSSR count). The number of hydrogen-bond acceptors (Lipinski definition) is 4. The number of nitrogens with zero attached hydrogens (tertiary/aromatic N) is 2. The van der Waals surface area contributed by atoms with Gasteiger partial charge in [0.1, 0.15) is 11.4 Å². The lowest BCUT2D eigenvalue weighted by atomic mass is 10.1. The molecule has 28 heavy (non-hydrogen) atoms. The van der Waals surface area contributed by atoms with E-state index in [0.29, 0.717) is 17.3 Å². The summed E-state index contributed by atoms with van der Waals surface area (Å²) in [4.78, 5) is 30.0. The summed E-state index contributed by atoms with van der Waals surface area (Å²) in [5, 5.41) is 3.47. The number of nitrogens with one attached hydrogen (secondary N) is 1. The third-order valence-electron chi connectivity index (χ3n) is 5.40. The predicted octanol–water partition coefficient (Wildman–Crippen LogP) is 3.54. The van der Waals surface area contributed by atoms with Crippen molar-refractivity contribution in [1.82, 2.24) is 15.1 Å². The van der Waals surface area contributed by atoms with Crippen molar-refractivity contribution >= 4 is 35.2 Å². The largest absolute Gasteiger partial charge is 0.353 e. The lowest BCUT2D eigenvalue weighted by molar-refractivity contribution is -0.142. The fraction of sp³-hybridized carbons (Fsp3) is 0.619. The predicted molar refractivity (Wildman–Crippen MR) is 115 cm³/mol. The molecule has 2 amide bonds. The zero-order valence-corrected chi connectivity index (χ0v) is 18.3. The minimum absolute atomic E-state index is 0.00824. The van der Waals surface area contributed by atoms with Gasteiger partial charge in [-0.25, -0.2) is 0 Å². The van der Waals surface area contributed by atoms with Gasteiger partial charge in [0, 0.05) is 35.3 Å². The van der Waals surface area contributed by atoms with E-state index in [1.807, 2.05) is 38.1 Å². The van der Waals surface area contributed by atoms with Crippen LogP contribution in [0.5, 0.6) is 0 Å². The van der Waals surface area contributed by atoms with E-state index in [-0.39, 0.29) is 23.1 Å². The van der Waals surface area contributed by atoms with Gasteiger partial charge >= 0.3 is 0 Å². The summed E-state index contributed by atoms with van der Waals surface area (Å²) >= 11 is 8.00. The monoisotopic (exact) mass is 423 g/mol. The number of carbonyl (C=O) groups excluding carboxylic acids is 2. The van der Waals surface area contributed by atoms with E-state index >= 15 is 0 Å². The van der Waals surface area contributed by atoms with E-state index in [1.165, 1.54) is 19.3 Å². The summed E-state index contributed by atoms with van der Waals surface area (Å²) in [6.07, 6.45) is 3.78. The highest BCUT2D eigenvalue weighted by Crippen LogP contribution is 2.44. The molecule has 0 aromatic heterocycles. The lowest BCUT2D eigenvalue weighted by Crippen LogP contribution is -2.50. The lowest BCUT2D eigenvalue weighted by Gasteiger charge is -2.31. The van der Waals surface area contributed by atoms with Crippen LogP contribution in [-0.2, 0) is 9.59 Å². The second-order valence-corrected chi connectivity index (χ2v) is 9.34. The third-order valence-corrected chi connectivity index (χ3v) is 7.05. The van der Waals surface area contributed by atoms with Crippen molar-refractivity contribution in [2.24, 2.45) is 5.92 Å². The summed E-state index contributed by atoms with van der Waals surface area (Å²) in [5.74, 6) is 0.343. The molecule has 7 heteroatoms. The molecule has 2 aliphatic heterocycles. The summed E-state index contributed by atoms with van der Waals surface area (Å²) < 4.78 is 0. The number of hydrogen-bond donors (Lipinski definition) is 1. The van der Waals surface area contributed by atoms with Gasteiger partial charge in [-0.05, 0) is 32.0 Å². The zero-order valence-electron chi connectivity index (χ0n) is 16.7. The van der Waals surface area contributed by atoms with Crippen molar-refractivity contribution in [1.29, 1.82) is 0 Å². The van der Waals surface area contributed by atoms with Gasteiger partial charge in [-0.3, -0.25) is 9.59 Å². The number of benzene rings is 1. The highest BCUT2D eigenvalue weighted by molar-refractivity contribution is 7.99. The van der Waals surface area contributed by atoms with Gasteiger partial charge in [0.15, 0.2) is 0 Å². The fourth-order valence-corrected chi connectivity index (χ4v) is 5.61. The maximum atomic E-state index is 13.0. The Labute approximate surface area is 177 Å². The molecule has 2 fully saturated rings. The molecule has 2 saturated heterocycles. The maximum Gasteiger partial charge on any atom is 0.243 e. The number of thioether (sulfide) groups is 1. The Morgan fingerprint density at radius 2 is 1.93 bits per heavy atom. The molecule has 0 spiro atoms. The topological polar surface area (TPSA) is 52.7 Å². The van der Waals surface area contributed by atoms with Crippen molar-refractivity contribution in [3.63, 3.8) is 0 Å². The van der Waals surface area contributed by atoms with Gasteiger partial charge in [0.2, 0.25) is 11.8 Å². The number of carbonyl (C=O) groups is 2. The number of halogens is 1. The Hall–Kier alpha value is -1.24. The van der Waals surface area contributed by atoms with Crippen LogP contribution in [0, 0.1) is 5.92 Å². The maximum absolute atomic E-state index is 13.0. The van der Waals surface area contributed by atoms with Crippen LogP contribution in [0.4, 0.5) is 0 Å². The molecule has 1 aromatic carbocycles. The average molecular weight is 424 g/mol. The minimum Gasteiger partial charge on any atom is -0.353 e. The Morgan fingerprint density at radius 1 is 1.21 bits per heavy atom. The summed E-state index contributed by atoms with van der Waals surface area (Å²) in [7, 11) is 0. The molecule has 1 N–H and O–H groups in total. The molecule has 0 saturated carbocycles. The van der Waals surface area contributed by atoms with Crippen LogP contribution < -0.4 is 5.32 Å². The van der Waals surface area contributed by atoms with Crippen LogP contribution in [0.25, 0.3) is 0 Å². The van der Waals surface area contributed by atoms with Gasteiger partial charge in [0.25, 0.3) is 0 Å². The Morgan fingerprint density at radius 3 is 2.61 bits per heavy atom. The number of amides is 2. The zero-order chi connectivity index (χ0) is 20.1. The molecular weight excluding hydrogens is 394 g/mol. The molecule has 0 radical (unpaired) electrons. The van der Waals surface area contributed by atoms with Crippen LogP contribution >= 0.6 is 23.4 Å². The number of rotatable bonds is 6. The van der Waals surface area contributed by atoms with Crippen LogP contribution in [-0.4, -0.2) is 59.6 Å². The molecule has 1 aromatic rings. The van der Waals surface area contributed by atoms with Crippen molar-refractivity contribution < 1.29 is 9.59 Å². The van der Waals surface area contributed by atoms with Crippen molar-refractivity contribution in [3.05, 3.63) is 34.9 Å². The normalized spacial score (nSPS) is 23.2. The van der Waals surface area contributed by atoms with Crippen molar-refractivity contribution in [3.8, 4) is 0 Å². The second kappa shape index (κ2) is 9.99. The Kier molecular flexibility index (Phi) is 7.66. The molecule has 5 nitrogen and oxygen atoms in total. The smallest absolute Gasteiger partial charge is 0.243 e. The van der Waals surface area contributed by atoms with Crippen LogP contribution in [0.3, 0.4) is 0 Å². The quantitative estimate of drug-likeness (QED) is 0.760. The van der Waals surface area contributed by atoms with Gasteiger partial charge in [-0.15, -0.1) is 11.8 Å². The van der Waals surface area contributed by atoms with Gasteiger partial charge in [-0.2, -0.15) is 0 Å². The first kappa shape index (κ1) is 21.5. The first-order chi connectivity index (χ1) is 13.5. The summed E-state index contributed by atoms with van der Waals surface area (Å²) in [6.45, 7) is 7.47. The van der Waals surface area contributed by atoms with Crippen LogP contribution in [0.1, 0.15) is 44.0 Å². The number of likely N-dealkylation sites (tertiary alicyclic amines) is 1. The molecular formula is C21H30ClN3O2S. The summed E-state index contributed by atoms with van der Waals surface area (Å²) in [5.41, 5.74) is 0.895. The van der Waals surface area contributed by atoms with E-state index < -0.39 is 6.04 Å². The van der Waals surface area contributed by atoms with Gasteiger partial charge in [0.05, 0.1) is 0 Å². The third kappa shape index (κ3) is 5.02. The SMILES string of the molecule is CC(C)C(=O)N1[C@@H](c2ccccc2Cl)SC[C@H]1C(=O)NCCN1CCCCC1. The minimum atomic E-state index is -0.456. The molecule has 2 aliphatic rings. The van der Waals surface area contributed by atoms with Gasteiger partial charge in [-0.1, -0.05) is 50.1 Å². The molecule has 0 aliphatic carbocycles. The highest BCUT2D eigenvalue weighted by atomic mass is 35.5. The van der Waals surface area contributed by atoms with E-state index in [2.05, 4.69) is 10.2 Å². The van der Waals surface area contributed by atoms with Crippen LogP contribution in [0.2, 0.25) is 5.02 Å². The van der Waals surface area contributed by atoms with Crippen LogP contribution in [0.15, 0.2) is 24.3 Å². The molecule has 0 bridgehead atoms. The van der Waals surface area contributed by atoms with E-state index in [9.17, 15) is 9.59 Å². The summed E-state index contributed by atoms with van der Waals surface area (Å²) in [6, 6.07) is 7.12. The second-order valence-electron chi connectivity index (χ2n) is 7.82. The molecule has 2 atom stereocenters. The van der Waals surface area contributed by atoms with E-state index in [1.54, 1.807) is 16.7 Å². The first-order valence-corrected chi connectivity index (χ1v) is 11.6. The standard InChI is InChI=1S/C21H30ClN3O2S/c1-15(2)20(27)25-18(14-28-21(25)16-8-4-5-9-17(16)22)19(26)23-10-13-24-11-6-3-7-12-24/h4-5,8-9,15,18,21H,3,6-7,10-14H2,1-2H3,(H,23,26)/t18-,21+/m0/s1.